The lowest BCUT2D eigenvalue weighted by atomic mass is 9.69. The molecule has 0 aliphatic carbocycles. The van der Waals surface area contributed by atoms with E-state index in [4.69, 9.17) is 0 Å². The van der Waals surface area contributed by atoms with E-state index in [2.05, 4.69) is 65.2 Å². The Morgan fingerprint density at radius 1 is 0.833 bits per heavy atom. The predicted octanol–water partition coefficient (Wildman–Crippen LogP) is 5.57. The van der Waals surface area contributed by atoms with Gasteiger partial charge in [-0.15, -0.1) is 0 Å². The smallest absolute Gasteiger partial charge is 0.0156 e. The van der Waals surface area contributed by atoms with Crippen LogP contribution >= 0.6 is 0 Å². The first-order valence-corrected chi connectivity index (χ1v) is 10.5. The van der Waals surface area contributed by atoms with Crippen molar-refractivity contribution in [3.05, 3.63) is 0 Å². The number of hydrogen-bond acceptors (Lipinski definition) is 2. The van der Waals surface area contributed by atoms with Crippen molar-refractivity contribution in [2.24, 2.45) is 11.3 Å². The fraction of sp³-hybridized carbons (Fsp3) is 1.00. The van der Waals surface area contributed by atoms with Crippen LogP contribution in [-0.4, -0.2) is 46.6 Å². The molecule has 2 heterocycles. The Balaban J connectivity index is 1.95. The molecule has 0 bridgehead atoms. The Morgan fingerprint density at radius 3 is 2.00 bits per heavy atom. The lowest BCUT2D eigenvalue weighted by molar-refractivity contribution is 0.0177. The van der Waals surface area contributed by atoms with Gasteiger partial charge >= 0.3 is 0 Å². The molecule has 0 aromatic rings. The Morgan fingerprint density at radius 2 is 1.46 bits per heavy atom. The van der Waals surface area contributed by atoms with Gasteiger partial charge < -0.3 is 0 Å². The summed E-state index contributed by atoms with van der Waals surface area (Å²) in [5.74, 6) is 0.845. The van der Waals surface area contributed by atoms with Gasteiger partial charge in [-0.25, -0.2) is 0 Å². The van der Waals surface area contributed by atoms with Gasteiger partial charge in [0.25, 0.3) is 0 Å². The first-order valence-electron chi connectivity index (χ1n) is 10.5. The molecule has 2 aliphatic heterocycles. The van der Waals surface area contributed by atoms with Crippen molar-refractivity contribution in [1.82, 2.24) is 9.80 Å². The maximum Gasteiger partial charge on any atom is 0.0156 e. The Kier molecular flexibility index (Phi) is 6.13. The molecule has 2 fully saturated rings. The molecule has 0 saturated carbocycles. The van der Waals surface area contributed by atoms with Crippen molar-refractivity contribution in [2.75, 3.05) is 19.6 Å². The van der Waals surface area contributed by atoms with E-state index in [1.807, 2.05) is 0 Å². The first-order chi connectivity index (χ1) is 10.9. The summed E-state index contributed by atoms with van der Waals surface area (Å²) >= 11 is 0. The molecule has 2 heteroatoms. The molecule has 2 nitrogen and oxygen atoms in total. The lowest BCUT2D eigenvalue weighted by Crippen LogP contribution is -2.50. The first kappa shape index (κ1) is 20.2. The van der Waals surface area contributed by atoms with Gasteiger partial charge in [0.1, 0.15) is 0 Å². The van der Waals surface area contributed by atoms with Gasteiger partial charge in [0.15, 0.2) is 0 Å². The molecular weight excluding hydrogens is 292 g/mol. The second-order valence-electron chi connectivity index (χ2n) is 10.9. The number of hydrogen-bond donors (Lipinski definition) is 0. The summed E-state index contributed by atoms with van der Waals surface area (Å²) in [6.45, 7) is 23.4. The summed E-state index contributed by atoms with van der Waals surface area (Å²) in [7, 11) is 0. The van der Waals surface area contributed by atoms with Crippen LogP contribution in [0.15, 0.2) is 0 Å². The molecule has 0 radical (unpaired) electrons. The maximum atomic E-state index is 2.77. The summed E-state index contributed by atoms with van der Waals surface area (Å²) < 4.78 is 0. The minimum atomic E-state index is 0.318. The summed E-state index contributed by atoms with van der Waals surface area (Å²) in [4.78, 5) is 5.49. The predicted molar refractivity (Wildman–Crippen MR) is 107 cm³/mol. The monoisotopic (exact) mass is 336 g/mol. The topological polar surface area (TPSA) is 6.48 Å². The van der Waals surface area contributed by atoms with E-state index in [0.29, 0.717) is 16.5 Å². The van der Waals surface area contributed by atoms with Crippen LogP contribution in [0, 0.1) is 11.3 Å². The van der Waals surface area contributed by atoms with E-state index in [9.17, 15) is 0 Å². The molecule has 0 spiro atoms. The van der Waals surface area contributed by atoms with Gasteiger partial charge in [-0.2, -0.15) is 0 Å². The molecule has 1 unspecified atom stereocenters. The SMILES string of the molecule is C[C@H]1CCCN1C(C)(C)CCC(C)(C)C1CCCN(C(C)(C)C)C1. The molecule has 2 atom stereocenters. The summed E-state index contributed by atoms with van der Waals surface area (Å²) in [5.41, 5.74) is 1.12. The van der Waals surface area contributed by atoms with Gasteiger partial charge in [-0.3, -0.25) is 9.80 Å². The number of rotatable bonds is 5. The standard InChI is InChI=1S/C22H44N2/c1-18-11-9-16-24(18)22(7,8)14-13-21(5,6)19-12-10-15-23(17-19)20(2,3)4/h18-19H,9-17H2,1-8H3/t18-,19?/m0/s1. The number of nitrogens with zero attached hydrogens (tertiary/aromatic N) is 2. The normalized spacial score (nSPS) is 28.5. The molecule has 0 aromatic carbocycles. The van der Waals surface area contributed by atoms with Crippen LogP contribution in [0.25, 0.3) is 0 Å². The fourth-order valence-electron chi connectivity index (χ4n) is 5.03. The largest absolute Gasteiger partial charge is 0.298 e. The minimum Gasteiger partial charge on any atom is -0.298 e. The average Bonchev–Trinajstić information content (AvgIpc) is 2.92. The van der Waals surface area contributed by atoms with E-state index in [0.717, 1.165) is 12.0 Å². The lowest BCUT2D eigenvalue weighted by Gasteiger charge is -2.48. The number of likely N-dealkylation sites (tertiary alicyclic amines) is 2. The van der Waals surface area contributed by atoms with Crippen molar-refractivity contribution in [1.29, 1.82) is 0 Å². The Labute approximate surface area is 152 Å². The van der Waals surface area contributed by atoms with Crippen molar-refractivity contribution < 1.29 is 0 Å². The average molecular weight is 337 g/mol. The van der Waals surface area contributed by atoms with E-state index >= 15 is 0 Å². The van der Waals surface area contributed by atoms with E-state index in [1.54, 1.807) is 0 Å². The molecule has 2 rings (SSSR count). The minimum absolute atomic E-state index is 0.318. The molecule has 0 N–H and O–H groups in total. The fourth-order valence-corrected chi connectivity index (χ4v) is 5.03. The van der Waals surface area contributed by atoms with Crippen molar-refractivity contribution in [2.45, 2.75) is 111 Å². The highest BCUT2D eigenvalue weighted by molar-refractivity contribution is 4.93. The van der Waals surface area contributed by atoms with E-state index in [-0.39, 0.29) is 0 Å². The second-order valence-corrected chi connectivity index (χ2v) is 10.9. The third-order valence-electron chi connectivity index (χ3n) is 7.19. The van der Waals surface area contributed by atoms with Crippen molar-refractivity contribution >= 4 is 0 Å². The zero-order valence-electron chi connectivity index (χ0n) is 17.9. The molecule has 0 amide bonds. The summed E-state index contributed by atoms with van der Waals surface area (Å²) in [5, 5.41) is 0. The summed E-state index contributed by atoms with van der Waals surface area (Å²) in [6.07, 6.45) is 8.24. The van der Waals surface area contributed by atoms with Crippen LogP contribution in [0.5, 0.6) is 0 Å². The van der Waals surface area contributed by atoms with Crippen LogP contribution in [0.1, 0.15) is 93.9 Å². The molecule has 142 valence electrons. The van der Waals surface area contributed by atoms with Crippen LogP contribution in [0.4, 0.5) is 0 Å². The molecule has 2 saturated heterocycles. The third-order valence-corrected chi connectivity index (χ3v) is 7.19. The molecule has 0 aromatic heterocycles. The third kappa shape index (κ3) is 4.75. The van der Waals surface area contributed by atoms with Crippen LogP contribution in [-0.2, 0) is 0 Å². The Bertz CT molecular complexity index is 405. The zero-order chi connectivity index (χ0) is 18.2. The highest BCUT2D eigenvalue weighted by Crippen LogP contribution is 2.41. The Hall–Kier alpha value is -0.0800. The van der Waals surface area contributed by atoms with E-state index in [1.165, 1.54) is 58.2 Å². The molecule has 24 heavy (non-hydrogen) atoms. The van der Waals surface area contributed by atoms with Gasteiger partial charge in [-0.05, 0) is 104 Å². The van der Waals surface area contributed by atoms with Gasteiger partial charge in [-0.1, -0.05) is 13.8 Å². The zero-order valence-corrected chi connectivity index (χ0v) is 17.9. The highest BCUT2D eigenvalue weighted by atomic mass is 15.2. The van der Waals surface area contributed by atoms with Crippen molar-refractivity contribution in [3.63, 3.8) is 0 Å². The summed E-state index contributed by atoms with van der Waals surface area (Å²) in [6, 6.07) is 0.772. The molecule has 2 aliphatic rings. The van der Waals surface area contributed by atoms with Crippen LogP contribution in [0.3, 0.4) is 0 Å². The molecular formula is C22H44N2. The van der Waals surface area contributed by atoms with Gasteiger partial charge in [0.2, 0.25) is 0 Å². The number of piperidine rings is 1. The van der Waals surface area contributed by atoms with Crippen LogP contribution in [0.2, 0.25) is 0 Å². The van der Waals surface area contributed by atoms with Gasteiger partial charge in [0, 0.05) is 23.7 Å². The van der Waals surface area contributed by atoms with E-state index < -0.39 is 0 Å². The highest BCUT2D eigenvalue weighted by Gasteiger charge is 2.39. The van der Waals surface area contributed by atoms with Gasteiger partial charge in [0.05, 0.1) is 0 Å². The van der Waals surface area contributed by atoms with Crippen molar-refractivity contribution in [3.8, 4) is 0 Å². The maximum absolute atomic E-state index is 2.77. The second kappa shape index (κ2) is 7.27. The quantitative estimate of drug-likeness (QED) is 0.648. The van der Waals surface area contributed by atoms with Crippen LogP contribution < -0.4 is 0 Å².